The molecule has 31 heavy (non-hydrogen) atoms. The van der Waals surface area contributed by atoms with Gasteiger partial charge in [-0.1, -0.05) is 12.2 Å². The minimum Gasteiger partial charge on any atom is -0.460 e. The minimum atomic E-state index is -1.50. The van der Waals surface area contributed by atoms with Crippen molar-refractivity contribution in [3.05, 3.63) is 24.3 Å². The summed E-state index contributed by atoms with van der Waals surface area (Å²) in [5, 5.41) is 50.1. The summed E-state index contributed by atoms with van der Waals surface area (Å²) in [4.78, 5) is 11.9. The Morgan fingerprint density at radius 1 is 1.10 bits per heavy atom. The second-order valence-corrected chi connectivity index (χ2v) is 8.71. The molecule has 0 aromatic carbocycles. The Balaban J connectivity index is 1.69. The van der Waals surface area contributed by atoms with Crippen LogP contribution in [0.4, 0.5) is 0 Å². The number of esters is 1. The fraction of sp³-hybridized carbons (Fsp3) is 0.773. The number of allylic oxidation sites excluding steroid dienone is 2. The number of aliphatic hydroxyl groups excluding tert-OH is 5. The quantitative estimate of drug-likeness (QED) is 0.296. The highest BCUT2D eigenvalue weighted by atomic mass is 16.7. The van der Waals surface area contributed by atoms with Gasteiger partial charge in [-0.3, -0.25) is 0 Å². The molecule has 2 fully saturated rings. The second-order valence-electron chi connectivity index (χ2n) is 8.71. The summed E-state index contributed by atoms with van der Waals surface area (Å²) in [6.45, 7) is 1.32. The van der Waals surface area contributed by atoms with E-state index in [4.69, 9.17) is 14.2 Å². The normalized spacial score (nSPS) is 44.6. The summed E-state index contributed by atoms with van der Waals surface area (Å²) in [5.41, 5.74) is 0. The molecule has 0 radical (unpaired) electrons. The standard InChI is InChI=1S/C22H34O9/c1-12-5-3-2-4-6-13-9-14(10-15(13)16(24)7-8-18(25)29-12)30-22-21(28)20(27)19(26)17(11-23)31-22/h4,6-8,12-17,19-24,26-28H,2-3,5,9-11H2,1H3/t12-,13+,14-,15+,16+,17?,19?,20?,21?,22?/m0/s1. The van der Waals surface area contributed by atoms with Gasteiger partial charge in [0, 0.05) is 6.08 Å². The third-order valence-electron chi connectivity index (χ3n) is 6.35. The summed E-state index contributed by atoms with van der Waals surface area (Å²) in [6.07, 6.45) is 2.16. The minimum absolute atomic E-state index is 0.0104. The highest BCUT2D eigenvalue weighted by molar-refractivity contribution is 5.82. The van der Waals surface area contributed by atoms with Crippen molar-refractivity contribution in [1.29, 1.82) is 0 Å². The molecule has 1 saturated heterocycles. The Bertz CT molecular complexity index is 649. The molecule has 2 aliphatic heterocycles. The first-order valence-corrected chi connectivity index (χ1v) is 11.0. The molecule has 1 aliphatic carbocycles. The SMILES string of the molecule is C[C@H]1CCCC=C[C@@H]2C[C@H](OC3OC(CO)C(O)C(O)C3O)C[C@H]2[C@H](O)C=CC(=O)O1. The van der Waals surface area contributed by atoms with Crippen molar-refractivity contribution in [2.75, 3.05) is 6.61 Å². The van der Waals surface area contributed by atoms with Gasteiger partial charge in [-0.25, -0.2) is 4.79 Å². The maximum absolute atomic E-state index is 11.9. The first kappa shape index (κ1) is 24.3. The van der Waals surface area contributed by atoms with Crippen molar-refractivity contribution < 1.29 is 44.5 Å². The molecule has 5 unspecified atom stereocenters. The van der Waals surface area contributed by atoms with Crippen LogP contribution in [-0.4, -0.2) is 87.1 Å². The predicted molar refractivity (Wildman–Crippen MR) is 109 cm³/mol. The van der Waals surface area contributed by atoms with Crippen LogP contribution in [0, 0.1) is 11.8 Å². The number of carbonyl (C=O) groups is 1. The van der Waals surface area contributed by atoms with Crippen LogP contribution < -0.4 is 0 Å². The lowest BCUT2D eigenvalue weighted by Crippen LogP contribution is -2.59. The first-order chi connectivity index (χ1) is 14.8. The van der Waals surface area contributed by atoms with Gasteiger partial charge in [0.1, 0.15) is 24.4 Å². The van der Waals surface area contributed by atoms with Crippen LogP contribution in [0.2, 0.25) is 0 Å². The molecule has 2 heterocycles. The third-order valence-corrected chi connectivity index (χ3v) is 6.35. The number of hydrogen-bond acceptors (Lipinski definition) is 9. The van der Waals surface area contributed by atoms with E-state index in [0.29, 0.717) is 12.8 Å². The smallest absolute Gasteiger partial charge is 0.330 e. The van der Waals surface area contributed by atoms with Crippen LogP contribution in [0.15, 0.2) is 24.3 Å². The number of hydrogen-bond donors (Lipinski definition) is 5. The molecular formula is C22H34O9. The van der Waals surface area contributed by atoms with Crippen LogP contribution in [-0.2, 0) is 19.0 Å². The van der Waals surface area contributed by atoms with Gasteiger partial charge in [-0.2, -0.15) is 0 Å². The zero-order valence-electron chi connectivity index (χ0n) is 17.7. The summed E-state index contributed by atoms with van der Waals surface area (Å²) < 4.78 is 16.6. The van der Waals surface area contributed by atoms with Gasteiger partial charge >= 0.3 is 5.97 Å². The molecule has 0 aromatic rings. The van der Waals surface area contributed by atoms with E-state index in [0.717, 1.165) is 19.3 Å². The molecule has 0 bridgehead atoms. The highest BCUT2D eigenvalue weighted by Crippen LogP contribution is 2.39. The van der Waals surface area contributed by atoms with Gasteiger partial charge in [-0.15, -0.1) is 0 Å². The molecule has 0 spiro atoms. The predicted octanol–water partition coefficient (Wildman–Crippen LogP) is -0.213. The fourth-order valence-electron chi connectivity index (χ4n) is 4.56. The number of ether oxygens (including phenoxy) is 3. The van der Waals surface area contributed by atoms with Gasteiger partial charge in [0.25, 0.3) is 0 Å². The Morgan fingerprint density at radius 2 is 1.87 bits per heavy atom. The largest absolute Gasteiger partial charge is 0.460 e. The molecule has 9 nitrogen and oxygen atoms in total. The average Bonchev–Trinajstić information content (AvgIpc) is 3.14. The van der Waals surface area contributed by atoms with Gasteiger partial charge in [0.2, 0.25) is 0 Å². The maximum atomic E-state index is 11.9. The van der Waals surface area contributed by atoms with Gasteiger partial charge in [0.05, 0.1) is 24.9 Å². The van der Waals surface area contributed by atoms with E-state index in [9.17, 15) is 30.3 Å². The molecular weight excluding hydrogens is 408 g/mol. The van der Waals surface area contributed by atoms with Crippen molar-refractivity contribution in [2.24, 2.45) is 11.8 Å². The molecule has 9 heteroatoms. The highest BCUT2D eigenvalue weighted by Gasteiger charge is 2.46. The van der Waals surface area contributed by atoms with Crippen molar-refractivity contribution >= 4 is 5.97 Å². The number of rotatable bonds is 3. The molecule has 1 saturated carbocycles. The first-order valence-electron chi connectivity index (χ1n) is 11.0. The number of fused-ring (bicyclic) bond motifs is 1. The zero-order valence-corrected chi connectivity index (χ0v) is 17.7. The van der Waals surface area contributed by atoms with Crippen LogP contribution in [0.1, 0.15) is 39.0 Å². The van der Waals surface area contributed by atoms with E-state index in [1.165, 1.54) is 12.2 Å². The Morgan fingerprint density at radius 3 is 2.61 bits per heavy atom. The average molecular weight is 443 g/mol. The molecule has 3 aliphatic rings. The van der Waals surface area contributed by atoms with Crippen LogP contribution in [0.3, 0.4) is 0 Å². The lowest BCUT2D eigenvalue weighted by molar-refractivity contribution is -0.311. The van der Waals surface area contributed by atoms with Gasteiger partial charge in [-0.05, 0) is 56.9 Å². The van der Waals surface area contributed by atoms with Crippen molar-refractivity contribution in [3.8, 4) is 0 Å². The Kier molecular flexibility index (Phi) is 8.63. The van der Waals surface area contributed by atoms with Crippen molar-refractivity contribution in [1.82, 2.24) is 0 Å². The van der Waals surface area contributed by atoms with E-state index in [1.807, 2.05) is 6.92 Å². The lowest BCUT2D eigenvalue weighted by Gasteiger charge is -2.40. The number of carbonyl (C=O) groups excluding carboxylic acids is 1. The third kappa shape index (κ3) is 6.13. The molecule has 0 aromatic heterocycles. The number of cyclic esters (lactones) is 1. The molecule has 5 N–H and O–H groups in total. The van der Waals surface area contributed by atoms with Gasteiger partial charge < -0.3 is 39.7 Å². The van der Waals surface area contributed by atoms with Crippen molar-refractivity contribution in [3.63, 3.8) is 0 Å². The Hall–Kier alpha value is -1.33. The monoisotopic (exact) mass is 442 g/mol. The zero-order chi connectivity index (χ0) is 22.5. The summed E-state index contributed by atoms with van der Waals surface area (Å²) in [7, 11) is 0. The van der Waals surface area contributed by atoms with E-state index < -0.39 is 49.4 Å². The van der Waals surface area contributed by atoms with Crippen molar-refractivity contribution in [2.45, 2.75) is 88.0 Å². The fourth-order valence-corrected chi connectivity index (χ4v) is 4.56. The number of aliphatic hydroxyl groups is 5. The molecule has 0 amide bonds. The molecule has 3 rings (SSSR count). The second kappa shape index (κ2) is 11.0. The van der Waals surface area contributed by atoms with Gasteiger partial charge in [0.15, 0.2) is 6.29 Å². The molecule has 176 valence electrons. The Labute approximate surface area is 181 Å². The lowest BCUT2D eigenvalue weighted by atomic mass is 9.90. The maximum Gasteiger partial charge on any atom is 0.330 e. The van der Waals surface area contributed by atoms with Crippen LogP contribution in [0.5, 0.6) is 0 Å². The molecule has 10 atom stereocenters. The summed E-state index contributed by atoms with van der Waals surface area (Å²) in [6, 6.07) is 0. The van der Waals surface area contributed by atoms with Crippen LogP contribution in [0.25, 0.3) is 0 Å². The van der Waals surface area contributed by atoms with E-state index in [-0.39, 0.29) is 24.0 Å². The van der Waals surface area contributed by atoms with E-state index in [2.05, 4.69) is 12.2 Å². The summed E-state index contributed by atoms with van der Waals surface area (Å²) in [5.74, 6) is -0.709. The van der Waals surface area contributed by atoms with E-state index in [1.54, 1.807) is 0 Å². The topological polar surface area (TPSA) is 146 Å². The van der Waals surface area contributed by atoms with E-state index >= 15 is 0 Å². The van der Waals surface area contributed by atoms with Crippen LogP contribution >= 0.6 is 0 Å². The summed E-state index contributed by atoms with van der Waals surface area (Å²) >= 11 is 0.